The topological polar surface area (TPSA) is 38.7 Å². The van der Waals surface area contributed by atoms with Gasteiger partial charge < -0.3 is 14.6 Å². The second kappa shape index (κ2) is 4.22. The molecule has 3 atom stereocenters. The van der Waals surface area contributed by atoms with Crippen LogP contribution in [-0.4, -0.2) is 24.4 Å². The highest BCUT2D eigenvalue weighted by Gasteiger charge is 2.48. The normalized spacial score (nSPS) is 35.5. The molecule has 0 saturated carbocycles. The Labute approximate surface area is 102 Å². The summed E-state index contributed by atoms with van der Waals surface area (Å²) in [7, 11) is 1.59. The van der Waals surface area contributed by atoms with Crippen LogP contribution in [-0.2, 0) is 9.47 Å². The minimum atomic E-state index is -0.414. The van der Waals surface area contributed by atoms with Gasteiger partial charge in [-0.2, -0.15) is 0 Å². The molecule has 1 aliphatic heterocycles. The van der Waals surface area contributed by atoms with Crippen LogP contribution < -0.4 is 0 Å². The molecule has 0 fully saturated rings. The van der Waals surface area contributed by atoms with Crippen LogP contribution in [0.2, 0.25) is 0 Å². The van der Waals surface area contributed by atoms with Gasteiger partial charge in [0.25, 0.3) is 0 Å². The second-order valence-corrected chi connectivity index (χ2v) is 4.74. The quantitative estimate of drug-likeness (QED) is 0.604. The van der Waals surface area contributed by atoms with Crippen molar-refractivity contribution in [3.05, 3.63) is 35.8 Å². The number of aliphatic hydroxyl groups is 1. The van der Waals surface area contributed by atoms with E-state index in [2.05, 4.69) is 26.5 Å². The summed E-state index contributed by atoms with van der Waals surface area (Å²) >= 11 is 0. The first-order valence-corrected chi connectivity index (χ1v) is 6.04. The first kappa shape index (κ1) is 12.2. The van der Waals surface area contributed by atoms with E-state index < -0.39 is 6.10 Å². The van der Waals surface area contributed by atoms with Crippen molar-refractivity contribution in [2.75, 3.05) is 7.11 Å². The minimum absolute atomic E-state index is 0.00519. The number of ether oxygens (including phenoxy) is 2. The molecule has 2 aliphatic rings. The molecule has 2 rings (SSSR count). The van der Waals surface area contributed by atoms with Gasteiger partial charge in [-0.05, 0) is 18.9 Å². The van der Waals surface area contributed by atoms with Gasteiger partial charge in [-0.15, -0.1) is 0 Å². The van der Waals surface area contributed by atoms with E-state index in [-0.39, 0.29) is 11.5 Å². The average Bonchev–Trinajstić information content (AvgIpc) is 2.62. The first-order valence-electron chi connectivity index (χ1n) is 6.04. The van der Waals surface area contributed by atoms with Gasteiger partial charge in [0.1, 0.15) is 6.10 Å². The van der Waals surface area contributed by atoms with Crippen molar-refractivity contribution in [3.63, 3.8) is 0 Å². The fraction of sp³-hybridized carbons (Fsp3) is 0.571. The molecule has 17 heavy (non-hydrogen) atoms. The molecule has 0 bridgehead atoms. The molecule has 0 radical (unpaired) electrons. The predicted molar refractivity (Wildman–Crippen MR) is 66.2 cm³/mol. The maximum atomic E-state index is 9.70. The lowest BCUT2D eigenvalue weighted by Crippen LogP contribution is -2.37. The summed E-state index contributed by atoms with van der Waals surface area (Å²) in [5, 5.41) is 9.70. The SMILES string of the molecule is C=C(OC)C1=C(C)C2(CC)C=C[C@@H](O)C[C@H]2O1. The average molecular weight is 236 g/mol. The summed E-state index contributed by atoms with van der Waals surface area (Å²) in [6.07, 6.45) is 5.11. The molecule has 1 unspecified atom stereocenters. The molecule has 0 aromatic heterocycles. The van der Waals surface area contributed by atoms with Crippen molar-refractivity contribution in [2.24, 2.45) is 5.41 Å². The van der Waals surface area contributed by atoms with E-state index in [0.29, 0.717) is 12.2 Å². The van der Waals surface area contributed by atoms with Gasteiger partial charge in [0, 0.05) is 11.8 Å². The molecule has 1 N–H and O–H groups in total. The Morgan fingerprint density at radius 2 is 2.41 bits per heavy atom. The Hall–Kier alpha value is -1.22. The zero-order valence-electron chi connectivity index (χ0n) is 10.7. The molecule has 3 heteroatoms. The number of methoxy groups -OCH3 is 1. The summed E-state index contributed by atoms with van der Waals surface area (Å²) in [6, 6.07) is 0. The summed E-state index contributed by atoms with van der Waals surface area (Å²) in [6.45, 7) is 8.06. The van der Waals surface area contributed by atoms with E-state index in [1.165, 1.54) is 0 Å². The monoisotopic (exact) mass is 236 g/mol. The van der Waals surface area contributed by atoms with E-state index in [1.807, 2.05) is 6.08 Å². The highest BCUT2D eigenvalue weighted by molar-refractivity contribution is 5.39. The zero-order chi connectivity index (χ0) is 12.6. The van der Waals surface area contributed by atoms with Gasteiger partial charge in [0.05, 0.1) is 13.2 Å². The van der Waals surface area contributed by atoms with Gasteiger partial charge in [0.2, 0.25) is 0 Å². The highest BCUT2D eigenvalue weighted by Crippen LogP contribution is 2.51. The van der Waals surface area contributed by atoms with Crippen LogP contribution in [0, 0.1) is 5.41 Å². The van der Waals surface area contributed by atoms with Crippen LogP contribution in [0.4, 0.5) is 0 Å². The van der Waals surface area contributed by atoms with E-state index in [1.54, 1.807) is 7.11 Å². The Morgan fingerprint density at radius 3 is 3.00 bits per heavy atom. The number of fused-ring (bicyclic) bond motifs is 1. The van der Waals surface area contributed by atoms with E-state index >= 15 is 0 Å². The van der Waals surface area contributed by atoms with Crippen LogP contribution in [0.15, 0.2) is 35.8 Å². The van der Waals surface area contributed by atoms with Crippen molar-refractivity contribution in [1.82, 2.24) is 0 Å². The molecule has 0 spiro atoms. The van der Waals surface area contributed by atoms with E-state index in [4.69, 9.17) is 9.47 Å². The molecule has 1 heterocycles. The zero-order valence-corrected chi connectivity index (χ0v) is 10.7. The standard InChI is InChI=1S/C14H20O3/c1-5-14-7-6-11(15)8-12(14)17-13(9(14)2)10(3)16-4/h6-7,11-12,15H,3,5,8H2,1-2,4H3/t11-,12-,14?/m1/s1. The molecular formula is C14H20O3. The molecule has 94 valence electrons. The molecule has 0 saturated heterocycles. The third kappa shape index (κ3) is 1.69. The predicted octanol–water partition coefficient (Wildman–Crippen LogP) is 2.54. The van der Waals surface area contributed by atoms with Crippen LogP contribution in [0.5, 0.6) is 0 Å². The van der Waals surface area contributed by atoms with Gasteiger partial charge >= 0.3 is 0 Å². The third-order valence-electron chi connectivity index (χ3n) is 4.03. The summed E-state index contributed by atoms with van der Waals surface area (Å²) in [5.41, 5.74) is 1.05. The highest BCUT2D eigenvalue weighted by atomic mass is 16.5. The van der Waals surface area contributed by atoms with Crippen molar-refractivity contribution >= 4 is 0 Å². The molecular weight excluding hydrogens is 216 g/mol. The Kier molecular flexibility index (Phi) is 3.04. The summed E-state index contributed by atoms with van der Waals surface area (Å²) in [4.78, 5) is 0. The lowest BCUT2D eigenvalue weighted by molar-refractivity contribution is 0.0265. The largest absolute Gasteiger partial charge is 0.494 e. The fourth-order valence-corrected chi connectivity index (χ4v) is 2.84. The molecule has 1 aliphatic carbocycles. The number of rotatable bonds is 3. The molecule has 0 aromatic rings. The maximum Gasteiger partial charge on any atom is 0.160 e. The van der Waals surface area contributed by atoms with E-state index in [9.17, 15) is 5.11 Å². The summed E-state index contributed by atoms with van der Waals surface area (Å²) < 4.78 is 11.1. The lowest BCUT2D eigenvalue weighted by Gasteiger charge is -2.35. The third-order valence-corrected chi connectivity index (χ3v) is 4.03. The Balaban J connectivity index is 2.41. The van der Waals surface area contributed by atoms with Crippen molar-refractivity contribution < 1.29 is 14.6 Å². The minimum Gasteiger partial charge on any atom is -0.494 e. The van der Waals surface area contributed by atoms with Crippen LogP contribution in [0.25, 0.3) is 0 Å². The summed E-state index contributed by atoms with van der Waals surface area (Å²) in [5.74, 6) is 1.31. The maximum absolute atomic E-state index is 9.70. The number of hydrogen-bond acceptors (Lipinski definition) is 3. The molecule has 0 aromatic carbocycles. The molecule has 0 amide bonds. The van der Waals surface area contributed by atoms with Gasteiger partial charge in [-0.25, -0.2) is 0 Å². The van der Waals surface area contributed by atoms with Crippen molar-refractivity contribution in [2.45, 2.75) is 38.9 Å². The van der Waals surface area contributed by atoms with Crippen molar-refractivity contribution in [3.8, 4) is 0 Å². The second-order valence-electron chi connectivity index (χ2n) is 4.74. The molecule has 3 nitrogen and oxygen atoms in total. The fourth-order valence-electron chi connectivity index (χ4n) is 2.84. The number of aliphatic hydroxyl groups excluding tert-OH is 1. The smallest absolute Gasteiger partial charge is 0.160 e. The van der Waals surface area contributed by atoms with Crippen LogP contribution in [0.3, 0.4) is 0 Å². The van der Waals surface area contributed by atoms with Gasteiger partial charge in [-0.1, -0.05) is 25.7 Å². The lowest BCUT2D eigenvalue weighted by atomic mass is 9.70. The Bertz CT molecular complexity index is 394. The van der Waals surface area contributed by atoms with Crippen LogP contribution >= 0.6 is 0 Å². The first-order chi connectivity index (χ1) is 8.05. The van der Waals surface area contributed by atoms with Crippen LogP contribution in [0.1, 0.15) is 26.7 Å². The van der Waals surface area contributed by atoms with Crippen molar-refractivity contribution in [1.29, 1.82) is 0 Å². The van der Waals surface area contributed by atoms with Gasteiger partial charge in [0.15, 0.2) is 11.5 Å². The Morgan fingerprint density at radius 1 is 1.71 bits per heavy atom. The van der Waals surface area contributed by atoms with Gasteiger partial charge in [-0.3, -0.25) is 0 Å². The number of hydrogen-bond donors (Lipinski definition) is 1. The van der Waals surface area contributed by atoms with E-state index in [0.717, 1.165) is 17.8 Å².